The van der Waals surface area contributed by atoms with Crippen LogP contribution in [0.4, 0.5) is 8.78 Å². The molecule has 0 aliphatic carbocycles. The van der Waals surface area contributed by atoms with E-state index in [-0.39, 0.29) is 11.6 Å². The standard InChI is InChI=1S/C16H9BrF2S/c17-14-9-15(10-1-5-12(18)6-2-10)20-16(14)11-3-7-13(19)8-4-11/h1-9H. The summed E-state index contributed by atoms with van der Waals surface area (Å²) in [6, 6.07) is 14.8. The van der Waals surface area contributed by atoms with E-state index in [1.54, 1.807) is 35.6 Å². The Labute approximate surface area is 127 Å². The zero-order valence-corrected chi connectivity index (χ0v) is 12.6. The molecule has 0 fully saturated rings. The Morgan fingerprint density at radius 3 is 1.80 bits per heavy atom. The van der Waals surface area contributed by atoms with Crippen molar-refractivity contribution in [3.05, 3.63) is 70.7 Å². The lowest BCUT2D eigenvalue weighted by Gasteiger charge is -1.98. The molecule has 100 valence electrons. The van der Waals surface area contributed by atoms with Crippen molar-refractivity contribution in [3.63, 3.8) is 0 Å². The van der Waals surface area contributed by atoms with Crippen molar-refractivity contribution in [2.45, 2.75) is 0 Å². The van der Waals surface area contributed by atoms with Crippen LogP contribution >= 0.6 is 27.3 Å². The molecule has 0 bridgehead atoms. The van der Waals surface area contributed by atoms with E-state index in [4.69, 9.17) is 0 Å². The molecule has 0 saturated heterocycles. The summed E-state index contributed by atoms with van der Waals surface area (Å²) in [5.41, 5.74) is 1.92. The van der Waals surface area contributed by atoms with Crippen LogP contribution in [-0.4, -0.2) is 0 Å². The molecule has 0 atom stereocenters. The van der Waals surface area contributed by atoms with Crippen molar-refractivity contribution < 1.29 is 8.78 Å². The third-order valence-electron chi connectivity index (χ3n) is 2.92. The maximum Gasteiger partial charge on any atom is 0.123 e. The van der Waals surface area contributed by atoms with Gasteiger partial charge in [-0.3, -0.25) is 0 Å². The lowest BCUT2D eigenvalue weighted by molar-refractivity contribution is 0.627. The predicted octanol–water partition coefficient (Wildman–Crippen LogP) is 6.12. The van der Waals surface area contributed by atoms with Gasteiger partial charge in [0, 0.05) is 14.2 Å². The summed E-state index contributed by atoms with van der Waals surface area (Å²) in [5, 5.41) is 0. The molecule has 0 saturated carbocycles. The quantitative estimate of drug-likeness (QED) is 0.522. The number of thiophene rings is 1. The average Bonchev–Trinajstić information content (AvgIpc) is 2.82. The molecule has 1 aromatic heterocycles. The summed E-state index contributed by atoms with van der Waals surface area (Å²) in [4.78, 5) is 2.07. The summed E-state index contributed by atoms with van der Waals surface area (Å²) < 4.78 is 26.9. The predicted molar refractivity (Wildman–Crippen MR) is 82.8 cm³/mol. The third kappa shape index (κ3) is 2.67. The average molecular weight is 351 g/mol. The van der Waals surface area contributed by atoms with E-state index < -0.39 is 0 Å². The topological polar surface area (TPSA) is 0 Å². The highest BCUT2D eigenvalue weighted by Crippen LogP contribution is 2.41. The van der Waals surface area contributed by atoms with E-state index in [0.29, 0.717) is 0 Å². The Morgan fingerprint density at radius 1 is 0.750 bits per heavy atom. The molecule has 3 aromatic rings. The van der Waals surface area contributed by atoms with Gasteiger partial charge in [0.25, 0.3) is 0 Å². The Hall–Kier alpha value is -1.52. The van der Waals surface area contributed by atoms with Gasteiger partial charge in [-0.1, -0.05) is 24.3 Å². The van der Waals surface area contributed by atoms with Gasteiger partial charge in [0.05, 0.1) is 0 Å². The Morgan fingerprint density at radius 2 is 1.25 bits per heavy atom. The number of rotatable bonds is 2. The molecule has 0 nitrogen and oxygen atoms in total. The first kappa shape index (κ1) is 13.5. The van der Waals surface area contributed by atoms with Crippen LogP contribution in [0.1, 0.15) is 0 Å². The van der Waals surface area contributed by atoms with Gasteiger partial charge < -0.3 is 0 Å². The van der Waals surface area contributed by atoms with Gasteiger partial charge in [-0.05, 0) is 57.4 Å². The summed E-state index contributed by atoms with van der Waals surface area (Å²) in [6.45, 7) is 0. The van der Waals surface area contributed by atoms with Gasteiger partial charge in [0.2, 0.25) is 0 Å². The first-order valence-corrected chi connectivity index (χ1v) is 7.55. The van der Waals surface area contributed by atoms with Crippen LogP contribution in [0.15, 0.2) is 59.1 Å². The lowest BCUT2D eigenvalue weighted by Crippen LogP contribution is -1.75. The van der Waals surface area contributed by atoms with Crippen molar-refractivity contribution in [2.75, 3.05) is 0 Å². The van der Waals surface area contributed by atoms with E-state index in [0.717, 1.165) is 25.4 Å². The maximum atomic E-state index is 13.0. The molecule has 0 radical (unpaired) electrons. The third-order valence-corrected chi connectivity index (χ3v) is 5.04. The van der Waals surface area contributed by atoms with Gasteiger partial charge in [-0.15, -0.1) is 11.3 Å². The van der Waals surface area contributed by atoms with Gasteiger partial charge in [0.1, 0.15) is 11.6 Å². The minimum Gasteiger partial charge on any atom is -0.207 e. The number of benzene rings is 2. The van der Waals surface area contributed by atoms with Crippen molar-refractivity contribution in [3.8, 4) is 20.9 Å². The summed E-state index contributed by atoms with van der Waals surface area (Å²) in [6.07, 6.45) is 0. The fourth-order valence-electron chi connectivity index (χ4n) is 1.92. The lowest BCUT2D eigenvalue weighted by atomic mass is 10.1. The zero-order chi connectivity index (χ0) is 14.1. The molecule has 0 aliphatic rings. The Bertz CT molecular complexity index is 730. The van der Waals surface area contributed by atoms with Crippen LogP contribution in [0.5, 0.6) is 0 Å². The van der Waals surface area contributed by atoms with Crippen molar-refractivity contribution in [2.24, 2.45) is 0 Å². The molecule has 2 aromatic carbocycles. The summed E-state index contributed by atoms with van der Waals surface area (Å²) in [7, 11) is 0. The van der Waals surface area contributed by atoms with Crippen molar-refractivity contribution in [1.82, 2.24) is 0 Å². The van der Waals surface area contributed by atoms with Gasteiger partial charge >= 0.3 is 0 Å². The highest BCUT2D eigenvalue weighted by molar-refractivity contribution is 9.10. The summed E-state index contributed by atoms with van der Waals surface area (Å²) in [5.74, 6) is -0.497. The van der Waals surface area contributed by atoms with Crippen LogP contribution in [0, 0.1) is 11.6 Å². The second-order valence-electron chi connectivity index (χ2n) is 4.30. The van der Waals surface area contributed by atoms with E-state index in [2.05, 4.69) is 15.9 Å². The minimum atomic E-state index is -0.250. The second-order valence-corrected chi connectivity index (χ2v) is 6.21. The van der Waals surface area contributed by atoms with Gasteiger partial charge in [-0.2, -0.15) is 0 Å². The number of hydrogen-bond donors (Lipinski definition) is 0. The molecule has 3 rings (SSSR count). The largest absolute Gasteiger partial charge is 0.207 e. The van der Waals surface area contributed by atoms with Crippen LogP contribution in [0.25, 0.3) is 20.9 Å². The molecule has 0 amide bonds. The number of halogens is 3. The second kappa shape index (κ2) is 5.46. The first-order valence-electron chi connectivity index (χ1n) is 5.95. The molecular weight excluding hydrogens is 342 g/mol. The zero-order valence-electron chi connectivity index (χ0n) is 10.2. The smallest absolute Gasteiger partial charge is 0.123 e. The van der Waals surface area contributed by atoms with Crippen molar-refractivity contribution in [1.29, 1.82) is 0 Å². The number of hydrogen-bond acceptors (Lipinski definition) is 1. The SMILES string of the molecule is Fc1ccc(-c2cc(Br)c(-c3ccc(F)cc3)s2)cc1. The summed E-state index contributed by atoms with van der Waals surface area (Å²) >= 11 is 5.11. The van der Waals surface area contributed by atoms with Gasteiger partial charge in [-0.25, -0.2) is 8.78 Å². The van der Waals surface area contributed by atoms with E-state index >= 15 is 0 Å². The Balaban J connectivity index is 2.02. The van der Waals surface area contributed by atoms with E-state index in [9.17, 15) is 8.78 Å². The maximum absolute atomic E-state index is 13.0. The van der Waals surface area contributed by atoms with Crippen LogP contribution in [-0.2, 0) is 0 Å². The van der Waals surface area contributed by atoms with Gasteiger partial charge in [0.15, 0.2) is 0 Å². The van der Waals surface area contributed by atoms with E-state index in [1.807, 2.05) is 6.07 Å². The molecule has 1 heterocycles. The van der Waals surface area contributed by atoms with Crippen molar-refractivity contribution >= 4 is 27.3 Å². The first-order chi connectivity index (χ1) is 9.63. The Kier molecular flexibility index (Phi) is 3.68. The molecular formula is C16H9BrF2S. The fourth-order valence-corrected chi connectivity index (χ4v) is 3.84. The monoisotopic (exact) mass is 350 g/mol. The fraction of sp³-hybridized carbons (Fsp3) is 0. The molecule has 0 aliphatic heterocycles. The van der Waals surface area contributed by atoms with Crippen LogP contribution < -0.4 is 0 Å². The highest BCUT2D eigenvalue weighted by atomic mass is 79.9. The van der Waals surface area contributed by atoms with E-state index in [1.165, 1.54) is 24.3 Å². The van der Waals surface area contributed by atoms with Crippen LogP contribution in [0.2, 0.25) is 0 Å². The molecule has 0 spiro atoms. The molecule has 0 N–H and O–H groups in total. The molecule has 0 unspecified atom stereocenters. The highest BCUT2D eigenvalue weighted by Gasteiger charge is 2.10. The minimum absolute atomic E-state index is 0.247. The van der Waals surface area contributed by atoms with Crippen LogP contribution in [0.3, 0.4) is 0 Å². The molecule has 4 heteroatoms. The molecule has 20 heavy (non-hydrogen) atoms. The normalized spacial score (nSPS) is 10.8.